The van der Waals surface area contributed by atoms with E-state index >= 15 is 0 Å². The van der Waals surface area contributed by atoms with Gasteiger partial charge in [0.25, 0.3) is 0 Å². The number of hydrogen-bond donors (Lipinski definition) is 0. The predicted molar refractivity (Wildman–Crippen MR) is 113 cm³/mol. The van der Waals surface area contributed by atoms with Crippen molar-refractivity contribution in [1.29, 1.82) is 0 Å². The summed E-state index contributed by atoms with van der Waals surface area (Å²) in [7, 11) is 1.69. The van der Waals surface area contributed by atoms with Gasteiger partial charge >= 0.3 is 0 Å². The number of methoxy groups -OCH3 is 1. The van der Waals surface area contributed by atoms with Gasteiger partial charge in [-0.1, -0.05) is 31.5 Å². The minimum absolute atomic E-state index is 0.865. The summed E-state index contributed by atoms with van der Waals surface area (Å²) in [4.78, 5) is 3.59. The number of anilines is 3. The van der Waals surface area contributed by atoms with E-state index in [4.69, 9.17) is 4.74 Å². The highest BCUT2D eigenvalue weighted by molar-refractivity contribution is 7.99. The summed E-state index contributed by atoms with van der Waals surface area (Å²) in [6.07, 6.45) is 2.50. The molecule has 0 aliphatic carbocycles. The topological polar surface area (TPSA) is 12.5 Å². The largest absolute Gasteiger partial charge is 0.497 e. The van der Waals surface area contributed by atoms with E-state index in [-0.39, 0.29) is 0 Å². The van der Waals surface area contributed by atoms with Crippen LogP contribution in [0, 0.1) is 0 Å². The molecule has 0 aromatic heterocycles. The maximum absolute atomic E-state index is 5.30. The number of hydrogen-bond acceptors (Lipinski definition) is 3. The smallest absolute Gasteiger partial charge is 0.119 e. The van der Waals surface area contributed by atoms with Gasteiger partial charge in [-0.05, 0) is 72.8 Å². The van der Waals surface area contributed by atoms with Crippen molar-refractivity contribution in [2.75, 3.05) is 17.8 Å². The number of benzene rings is 3. The van der Waals surface area contributed by atoms with E-state index in [9.17, 15) is 0 Å². The van der Waals surface area contributed by atoms with Gasteiger partial charge in [0.1, 0.15) is 5.75 Å². The summed E-state index contributed by atoms with van der Waals surface area (Å²) in [5, 5.41) is 0. The normalized spacial score (nSPS) is 10.5. The fourth-order valence-corrected chi connectivity index (χ4v) is 3.78. The Labute approximate surface area is 160 Å². The highest BCUT2D eigenvalue weighted by Gasteiger charge is 2.12. The second-order valence-electron chi connectivity index (χ2n) is 6.06. The summed E-state index contributed by atoms with van der Waals surface area (Å²) >= 11 is 1.93. The third-order valence-electron chi connectivity index (χ3n) is 4.21. The lowest BCUT2D eigenvalue weighted by molar-refractivity contribution is 0.415. The number of rotatable bonds is 8. The van der Waals surface area contributed by atoms with Gasteiger partial charge in [-0.15, -0.1) is 11.8 Å². The Hall–Kier alpha value is -2.39. The molecule has 0 aliphatic heterocycles. The van der Waals surface area contributed by atoms with Crippen LogP contribution in [0.4, 0.5) is 17.1 Å². The second-order valence-corrected chi connectivity index (χ2v) is 7.23. The van der Waals surface area contributed by atoms with Crippen molar-refractivity contribution in [3.8, 4) is 5.75 Å². The van der Waals surface area contributed by atoms with Crippen molar-refractivity contribution >= 4 is 28.8 Å². The average Bonchev–Trinajstić information content (AvgIpc) is 2.71. The van der Waals surface area contributed by atoms with Crippen LogP contribution in [0.3, 0.4) is 0 Å². The molecule has 0 saturated carbocycles. The van der Waals surface area contributed by atoms with Gasteiger partial charge in [0.15, 0.2) is 0 Å². The van der Waals surface area contributed by atoms with Crippen molar-refractivity contribution in [2.45, 2.75) is 24.7 Å². The molecule has 134 valence electrons. The Morgan fingerprint density at radius 1 is 0.769 bits per heavy atom. The van der Waals surface area contributed by atoms with Crippen LogP contribution in [-0.4, -0.2) is 12.9 Å². The van der Waals surface area contributed by atoms with Crippen LogP contribution in [0.15, 0.2) is 83.8 Å². The number of unbranched alkanes of at least 4 members (excludes halogenated alkanes) is 1. The first-order valence-electron chi connectivity index (χ1n) is 9.04. The molecule has 2 nitrogen and oxygen atoms in total. The first kappa shape index (κ1) is 18.4. The molecule has 0 N–H and O–H groups in total. The second kappa shape index (κ2) is 9.35. The number of para-hydroxylation sites is 1. The average molecular weight is 364 g/mol. The van der Waals surface area contributed by atoms with Crippen LogP contribution in [0.5, 0.6) is 5.75 Å². The van der Waals surface area contributed by atoms with E-state index in [1.54, 1.807) is 7.11 Å². The standard InChI is InChI=1S/C23H25NOS/c1-3-4-18-26-23-16-12-21(13-17-23)24(19-8-6-5-7-9-19)20-10-14-22(25-2)15-11-20/h5-17H,3-4,18H2,1-2H3. The first-order valence-corrected chi connectivity index (χ1v) is 10.0. The monoisotopic (exact) mass is 363 g/mol. The zero-order valence-electron chi connectivity index (χ0n) is 15.4. The highest BCUT2D eigenvalue weighted by Crippen LogP contribution is 2.36. The van der Waals surface area contributed by atoms with E-state index in [2.05, 4.69) is 72.5 Å². The molecule has 0 bridgehead atoms. The lowest BCUT2D eigenvalue weighted by Gasteiger charge is -2.25. The SMILES string of the molecule is CCCCSc1ccc(N(c2ccccc2)c2ccc(OC)cc2)cc1. The molecule has 3 heteroatoms. The van der Waals surface area contributed by atoms with E-state index < -0.39 is 0 Å². The lowest BCUT2D eigenvalue weighted by Crippen LogP contribution is -2.09. The van der Waals surface area contributed by atoms with Crippen LogP contribution >= 0.6 is 11.8 Å². The molecule has 3 aromatic rings. The Bertz CT molecular complexity index is 785. The fraction of sp³-hybridized carbons (Fsp3) is 0.217. The molecule has 3 aromatic carbocycles. The molecule has 26 heavy (non-hydrogen) atoms. The molecule has 0 heterocycles. The third-order valence-corrected chi connectivity index (χ3v) is 5.30. The summed E-state index contributed by atoms with van der Waals surface area (Å²) in [5.74, 6) is 2.04. The number of nitrogens with zero attached hydrogens (tertiary/aromatic N) is 1. The summed E-state index contributed by atoms with van der Waals surface area (Å²) < 4.78 is 5.30. The molecule has 3 rings (SSSR count). The van der Waals surface area contributed by atoms with Crippen LogP contribution in [-0.2, 0) is 0 Å². The molecule has 0 spiro atoms. The van der Waals surface area contributed by atoms with Crippen molar-refractivity contribution in [2.24, 2.45) is 0 Å². The fourth-order valence-electron chi connectivity index (χ4n) is 2.78. The zero-order chi connectivity index (χ0) is 18.2. The Balaban J connectivity index is 1.90. The summed E-state index contributed by atoms with van der Waals surface area (Å²) in [5.41, 5.74) is 3.41. The Morgan fingerprint density at radius 2 is 1.35 bits per heavy atom. The van der Waals surface area contributed by atoms with Gasteiger partial charge in [-0.25, -0.2) is 0 Å². The summed E-state index contributed by atoms with van der Waals surface area (Å²) in [6, 6.07) is 27.5. The van der Waals surface area contributed by atoms with Crippen molar-refractivity contribution in [3.05, 3.63) is 78.9 Å². The van der Waals surface area contributed by atoms with E-state index in [0.717, 1.165) is 22.8 Å². The molecule has 0 aliphatic rings. The quantitative estimate of drug-likeness (QED) is 0.314. The molecule has 0 radical (unpaired) electrons. The van der Waals surface area contributed by atoms with E-state index in [0.29, 0.717) is 0 Å². The van der Waals surface area contributed by atoms with Crippen LogP contribution in [0.1, 0.15) is 19.8 Å². The highest BCUT2D eigenvalue weighted by atomic mass is 32.2. The molecule has 0 saturated heterocycles. The first-order chi connectivity index (χ1) is 12.8. The molecule has 0 unspecified atom stereocenters. The predicted octanol–water partition coefficient (Wildman–Crippen LogP) is 7.06. The minimum atomic E-state index is 0.865. The lowest BCUT2D eigenvalue weighted by atomic mass is 10.2. The number of ether oxygens (including phenoxy) is 1. The minimum Gasteiger partial charge on any atom is -0.497 e. The van der Waals surface area contributed by atoms with Gasteiger partial charge in [-0.3, -0.25) is 0 Å². The van der Waals surface area contributed by atoms with Crippen LogP contribution < -0.4 is 9.64 Å². The Kier molecular flexibility index (Phi) is 6.62. The van der Waals surface area contributed by atoms with Crippen molar-refractivity contribution in [1.82, 2.24) is 0 Å². The maximum Gasteiger partial charge on any atom is 0.119 e. The summed E-state index contributed by atoms with van der Waals surface area (Å²) in [6.45, 7) is 2.23. The molecular weight excluding hydrogens is 338 g/mol. The Morgan fingerprint density at radius 3 is 1.92 bits per heavy atom. The third kappa shape index (κ3) is 4.61. The molecule has 0 fully saturated rings. The molecule has 0 atom stereocenters. The van der Waals surface area contributed by atoms with Crippen molar-refractivity contribution < 1.29 is 4.74 Å². The van der Waals surface area contributed by atoms with Gasteiger partial charge in [0.2, 0.25) is 0 Å². The molecular formula is C23H25NOS. The van der Waals surface area contributed by atoms with Crippen LogP contribution in [0.25, 0.3) is 0 Å². The van der Waals surface area contributed by atoms with Crippen molar-refractivity contribution in [3.63, 3.8) is 0 Å². The van der Waals surface area contributed by atoms with E-state index in [1.165, 1.54) is 23.5 Å². The zero-order valence-corrected chi connectivity index (χ0v) is 16.2. The van der Waals surface area contributed by atoms with Gasteiger partial charge in [-0.2, -0.15) is 0 Å². The molecule has 0 amide bonds. The van der Waals surface area contributed by atoms with Crippen LogP contribution in [0.2, 0.25) is 0 Å². The number of thioether (sulfide) groups is 1. The van der Waals surface area contributed by atoms with Gasteiger partial charge < -0.3 is 9.64 Å². The maximum atomic E-state index is 5.30. The van der Waals surface area contributed by atoms with Gasteiger partial charge in [0.05, 0.1) is 7.11 Å². The van der Waals surface area contributed by atoms with E-state index in [1.807, 2.05) is 30.0 Å². The van der Waals surface area contributed by atoms with Gasteiger partial charge in [0, 0.05) is 22.0 Å².